The van der Waals surface area contributed by atoms with E-state index >= 15 is 0 Å². The third kappa shape index (κ3) is 3.19. The molecule has 2 aromatic carbocycles. The fraction of sp³-hybridized carbons (Fsp3) is 0.250. The Morgan fingerprint density at radius 3 is 2.47 bits per heavy atom. The number of hydrogen-bond donors (Lipinski definition) is 0. The molecule has 0 atom stereocenters. The number of rotatable bonds is 4. The number of carbonyl (C=O) groups is 1. The van der Waals surface area contributed by atoms with Crippen molar-refractivity contribution in [3.63, 3.8) is 0 Å². The Morgan fingerprint density at radius 1 is 0.967 bits per heavy atom. The summed E-state index contributed by atoms with van der Waals surface area (Å²) in [5.41, 5.74) is 4.23. The monoisotopic (exact) mass is 401 g/mol. The molecule has 0 N–H and O–H groups in total. The quantitative estimate of drug-likeness (QED) is 0.666. The zero-order valence-electron chi connectivity index (χ0n) is 16.9. The number of amides is 1. The van der Waals surface area contributed by atoms with E-state index in [1.807, 2.05) is 65.6 Å². The number of aromatic nitrogens is 1. The van der Waals surface area contributed by atoms with Gasteiger partial charge < -0.3 is 19.3 Å². The van der Waals surface area contributed by atoms with Crippen LogP contribution < -0.4 is 14.5 Å². The van der Waals surface area contributed by atoms with E-state index in [9.17, 15) is 4.79 Å². The molecule has 0 unspecified atom stereocenters. The lowest BCUT2D eigenvalue weighted by Gasteiger charge is -2.28. The summed E-state index contributed by atoms with van der Waals surface area (Å²) in [4.78, 5) is 22.4. The maximum absolute atomic E-state index is 13.4. The average Bonchev–Trinajstić information content (AvgIpc) is 3.16. The minimum absolute atomic E-state index is 0.00394. The minimum Gasteiger partial charge on any atom is -0.496 e. The number of methoxy groups -OCH3 is 1. The normalized spacial score (nSPS) is 16.0. The number of anilines is 2. The number of fused-ring (bicyclic) bond motifs is 1. The van der Waals surface area contributed by atoms with Gasteiger partial charge in [-0.05, 0) is 30.3 Å². The molecule has 3 aromatic rings. The van der Waals surface area contributed by atoms with Crippen molar-refractivity contribution in [2.75, 3.05) is 43.2 Å². The van der Waals surface area contributed by atoms with E-state index in [0.29, 0.717) is 25.3 Å². The Kier molecular flexibility index (Phi) is 4.85. The van der Waals surface area contributed by atoms with Gasteiger partial charge in [0.15, 0.2) is 0 Å². The maximum atomic E-state index is 13.4. The second-order valence-electron chi connectivity index (χ2n) is 7.38. The number of carbonyl (C=O) groups excluding carboxylic acids is 1. The molecule has 3 heterocycles. The summed E-state index contributed by atoms with van der Waals surface area (Å²) in [6, 6.07) is 19.5. The van der Waals surface area contributed by atoms with Crippen molar-refractivity contribution in [1.82, 2.24) is 4.98 Å². The Labute approximate surface area is 175 Å². The standard InChI is InChI=1S/C24H23N3O3/c1-29-21-10-6-5-9-18(21)23-20-16-27(17-7-3-2-4-8-17)24(28)19(20)15-22(25-23)26-11-13-30-14-12-26/h2-10,15H,11-14,16H2,1H3. The van der Waals surface area contributed by atoms with Crippen LogP contribution in [0.3, 0.4) is 0 Å². The highest BCUT2D eigenvalue weighted by molar-refractivity contribution is 6.11. The van der Waals surface area contributed by atoms with Crippen LogP contribution in [0.25, 0.3) is 11.3 Å². The molecule has 0 spiro atoms. The van der Waals surface area contributed by atoms with E-state index in [-0.39, 0.29) is 5.91 Å². The summed E-state index contributed by atoms with van der Waals surface area (Å²) < 4.78 is 11.1. The number of pyridine rings is 1. The zero-order chi connectivity index (χ0) is 20.5. The first-order valence-corrected chi connectivity index (χ1v) is 10.1. The summed E-state index contributed by atoms with van der Waals surface area (Å²) in [7, 11) is 1.66. The first kappa shape index (κ1) is 18.6. The second kappa shape index (κ2) is 7.80. The smallest absolute Gasteiger partial charge is 0.259 e. The third-order valence-electron chi connectivity index (χ3n) is 5.67. The molecule has 2 aliphatic heterocycles. The first-order chi connectivity index (χ1) is 14.8. The van der Waals surface area contributed by atoms with E-state index in [0.717, 1.165) is 47.2 Å². The van der Waals surface area contributed by atoms with Crippen LogP contribution in [-0.4, -0.2) is 44.3 Å². The van der Waals surface area contributed by atoms with Crippen molar-refractivity contribution in [2.24, 2.45) is 0 Å². The van der Waals surface area contributed by atoms with Gasteiger partial charge in [-0.15, -0.1) is 0 Å². The first-order valence-electron chi connectivity index (χ1n) is 10.1. The van der Waals surface area contributed by atoms with E-state index < -0.39 is 0 Å². The molecule has 1 saturated heterocycles. The molecule has 0 saturated carbocycles. The van der Waals surface area contributed by atoms with Gasteiger partial charge in [-0.1, -0.05) is 30.3 Å². The van der Waals surface area contributed by atoms with Gasteiger partial charge in [0.1, 0.15) is 11.6 Å². The molecule has 5 rings (SSSR count). The predicted molar refractivity (Wildman–Crippen MR) is 116 cm³/mol. The predicted octanol–water partition coefficient (Wildman–Crippen LogP) is 3.75. The van der Waals surface area contributed by atoms with Crippen molar-refractivity contribution in [3.8, 4) is 17.0 Å². The lowest BCUT2D eigenvalue weighted by atomic mass is 10.0. The summed E-state index contributed by atoms with van der Waals surface area (Å²) in [6.07, 6.45) is 0. The van der Waals surface area contributed by atoms with Crippen LogP contribution in [0.1, 0.15) is 15.9 Å². The van der Waals surface area contributed by atoms with E-state index in [4.69, 9.17) is 14.5 Å². The molecular formula is C24H23N3O3. The van der Waals surface area contributed by atoms with Crippen LogP contribution in [-0.2, 0) is 11.3 Å². The maximum Gasteiger partial charge on any atom is 0.259 e. The zero-order valence-corrected chi connectivity index (χ0v) is 16.9. The largest absolute Gasteiger partial charge is 0.496 e. The fourth-order valence-corrected chi connectivity index (χ4v) is 4.12. The highest BCUT2D eigenvalue weighted by Crippen LogP contribution is 2.39. The molecule has 0 bridgehead atoms. The van der Waals surface area contributed by atoms with Gasteiger partial charge in [0, 0.05) is 29.9 Å². The van der Waals surface area contributed by atoms with Crippen LogP contribution in [0, 0.1) is 0 Å². The van der Waals surface area contributed by atoms with Crippen LogP contribution in [0.5, 0.6) is 5.75 Å². The Hall–Kier alpha value is -3.38. The Balaban J connectivity index is 1.66. The number of para-hydroxylation sites is 2. The molecule has 0 aliphatic carbocycles. The number of nitrogens with zero attached hydrogens (tertiary/aromatic N) is 3. The van der Waals surface area contributed by atoms with Crippen molar-refractivity contribution in [1.29, 1.82) is 0 Å². The number of morpholine rings is 1. The molecule has 2 aliphatic rings. The van der Waals surface area contributed by atoms with Crippen LogP contribution in [0.15, 0.2) is 60.7 Å². The van der Waals surface area contributed by atoms with Gasteiger partial charge in [-0.2, -0.15) is 0 Å². The Morgan fingerprint density at radius 2 is 1.70 bits per heavy atom. The van der Waals surface area contributed by atoms with Gasteiger partial charge in [-0.3, -0.25) is 4.79 Å². The van der Waals surface area contributed by atoms with Crippen molar-refractivity contribution < 1.29 is 14.3 Å². The van der Waals surface area contributed by atoms with Gasteiger partial charge in [-0.25, -0.2) is 4.98 Å². The minimum atomic E-state index is 0.00394. The Bertz CT molecular complexity index is 1080. The lowest BCUT2D eigenvalue weighted by Crippen LogP contribution is -2.37. The van der Waals surface area contributed by atoms with Crippen LogP contribution >= 0.6 is 0 Å². The molecule has 1 fully saturated rings. The summed E-state index contributed by atoms with van der Waals surface area (Å²) in [5.74, 6) is 1.56. The van der Waals surface area contributed by atoms with Crippen molar-refractivity contribution >= 4 is 17.4 Å². The molecule has 152 valence electrons. The molecule has 1 aromatic heterocycles. The van der Waals surface area contributed by atoms with Gasteiger partial charge in [0.25, 0.3) is 5.91 Å². The summed E-state index contributed by atoms with van der Waals surface area (Å²) in [5, 5.41) is 0. The van der Waals surface area contributed by atoms with Gasteiger partial charge >= 0.3 is 0 Å². The van der Waals surface area contributed by atoms with Crippen molar-refractivity contribution in [2.45, 2.75) is 6.54 Å². The van der Waals surface area contributed by atoms with Crippen LogP contribution in [0.4, 0.5) is 11.5 Å². The highest BCUT2D eigenvalue weighted by atomic mass is 16.5. The highest BCUT2D eigenvalue weighted by Gasteiger charge is 2.33. The summed E-state index contributed by atoms with van der Waals surface area (Å²) in [6.45, 7) is 3.32. The average molecular weight is 401 g/mol. The molecule has 6 heteroatoms. The number of hydrogen-bond acceptors (Lipinski definition) is 5. The van der Waals surface area contributed by atoms with E-state index in [2.05, 4.69) is 4.90 Å². The third-order valence-corrected chi connectivity index (χ3v) is 5.67. The van der Waals surface area contributed by atoms with Gasteiger partial charge in [0.05, 0.1) is 38.1 Å². The summed E-state index contributed by atoms with van der Waals surface area (Å²) >= 11 is 0. The van der Waals surface area contributed by atoms with Gasteiger partial charge in [0.2, 0.25) is 0 Å². The molecular weight excluding hydrogens is 378 g/mol. The molecule has 1 amide bonds. The SMILES string of the molecule is COc1ccccc1-c1nc(N2CCOCC2)cc2c1CN(c1ccccc1)C2=O. The van der Waals surface area contributed by atoms with Crippen LogP contribution in [0.2, 0.25) is 0 Å². The van der Waals surface area contributed by atoms with E-state index in [1.165, 1.54) is 0 Å². The molecule has 0 radical (unpaired) electrons. The second-order valence-corrected chi connectivity index (χ2v) is 7.38. The molecule has 30 heavy (non-hydrogen) atoms. The number of ether oxygens (including phenoxy) is 2. The lowest BCUT2D eigenvalue weighted by molar-refractivity contribution is 0.0996. The fourth-order valence-electron chi connectivity index (χ4n) is 4.12. The van der Waals surface area contributed by atoms with Crippen molar-refractivity contribution in [3.05, 3.63) is 71.8 Å². The van der Waals surface area contributed by atoms with E-state index in [1.54, 1.807) is 7.11 Å². The topological polar surface area (TPSA) is 54.9 Å². The molecule has 6 nitrogen and oxygen atoms in total. The number of benzene rings is 2.